The molecule has 0 amide bonds. The van der Waals surface area contributed by atoms with E-state index in [-0.39, 0.29) is 0 Å². The fourth-order valence-corrected chi connectivity index (χ4v) is 2.58. The number of fused-ring (bicyclic) bond motifs is 1. The highest BCUT2D eigenvalue weighted by Gasteiger charge is 2.21. The first kappa shape index (κ1) is 10.1. The molecule has 2 heteroatoms. The molecular formula is C12H12Cl2. The first-order chi connectivity index (χ1) is 6.65. The van der Waals surface area contributed by atoms with Crippen LogP contribution in [0, 0.1) is 6.92 Å². The Morgan fingerprint density at radius 1 is 1.29 bits per heavy atom. The van der Waals surface area contributed by atoms with Crippen LogP contribution >= 0.6 is 23.2 Å². The smallest absolute Gasteiger partial charge is 0.0479 e. The Morgan fingerprint density at radius 2 is 2.00 bits per heavy atom. The van der Waals surface area contributed by atoms with Crippen molar-refractivity contribution in [2.45, 2.75) is 26.7 Å². The molecular weight excluding hydrogens is 215 g/mol. The molecule has 0 aromatic heterocycles. The van der Waals surface area contributed by atoms with E-state index in [1.54, 1.807) is 0 Å². The van der Waals surface area contributed by atoms with Gasteiger partial charge in [-0.2, -0.15) is 0 Å². The van der Waals surface area contributed by atoms with E-state index in [1.165, 1.54) is 11.1 Å². The molecule has 0 saturated carbocycles. The monoisotopic (exact) mass is 226 g/mol. The largest absolute Gasteiger partial charge is 0.0840 e. The SMILES string of the molecule is CCC1=C(Cl)c2c(ccc(Cl)c2C)C1. The lowest BCUT2D eigenvalue weighted by Crippen LogP contribution is -1.88. The van der Waals surface area contributed by atoms with E-state index in [1.807, 2.05) is 13.0 Å². The Labute approximate surface area is 94.5 Å². The minimum atomic E-state index is 0.805. The normalized spacial score (nSPS) is 14.9. The highest BCUT2D eigenvalue weighted by atomic mass is 35.5. The second kappa shape index (κ2) is 3.60. The quantitative estimate of drug-likeness (QED) is 0.659. The summed E-state index contributed by atoms with van der Waals surface area (Å²) in [6.07, 6.45) is 2.01. The molecule has 0 N–H and O–H groups in total. The molecule has 0 saturated heterocycles. The van der Waals surface area contributed by atoms with Crippen molar-refractivity contribution in [3.05, 3.63) is 39.4 Å². The number of hydrogen-bond donors (Lipinski definition) is 0. The minimum Gasteiger partial charge on any atom is -0.0840 e. The third kappa shape index (κ3) is 1.37. The zero-order chi connectivity index (χ0) is 10.3. The molecule has 0 heterocycles. The molecule has 0 nitrogen and oxygen atoms in total. The molecule has 1 aromatic rings. The summed E-state index contributed by atoms with van der Waals surface area (Å²) in [6, 6.07) is 4.04. The van der Waals surface area contributed by atoms with Gasteiger partial charge in [0.1, 0.15) is 0 Å². The van der Waals surface area contributed by atoms with Gasteiger partial charge in [-0.05, 0) is 42.5 Å². The molecule has 0 fully saturated rings. The summed E-state index contributed by atoms with van der Waals surface area (Å²) in [4.78, 5) is 0. The average Bonchev–Trinajstić information content (AvgIpc) is 2.50. The first-order valence-electron chi connectivity index (χ1n) is 4.81. The molecule has 2 rings (SSSR count). The summed E-state index contributed by atoms with van der Waals surface area (Å²) < 4.78 is 0. The predicted molar refractivity (Wildman–Crippen MR) is 63.0 cm³/mol. The fourth-order valence-electron chi connectivity index (χ4n) is 1.96. The van der Waals surface area contributed by atoms with Crippen LogP contribution in [-0.2, 0) is 6.42 Å². The molecule has 0 unspecified atom stereocenters. The zero-order valence-electron chi connectivity index (χ0n) is 8.32. The van der Waals surface area contributed by atoms with E-state index in [2.05, 4.69) is 13.0 Å². The second-order valence-corrected chi connectivity index (χ2v) is 4.44. The number of allylic oxidation sites excluding steroid dienone is 1. The highest BCUT2D eigenvalue weighted by molar-refractivity contribution is 6.50. The summed E-state index contributed by atoms with van der Waals surface area (Å²) in [7, 11) is 0. The maximum absolute atomic E-state index is 6.31. The Kier molecular flexibility index (Phi) is 2.59. The molecule has 0 spiro atoms. The van der Waals surface area contributed by atoms with Crippen LogP contribution in [-0.4, -0.2) is 0 Å². The zero-order valence-corrected chi connectivity index (χ0v) is 9.84. The summed E-state index contributed by atoms with van der Waals surface area (Å²) in [6.45, 7) is 4.17. The van der Waals surface area contributed by atoms with Crippen LogP contribution in [0.2, 0.25) is 5.02 Å². The van der Waals surface area contributed by atoms with Crippen LogP contribution in [0.15, 0.2) is 17.7 Å². The number of hydrogen-bond acceptors (Lipinski definition) is 0. The van der Waals surface area contributed by atoms with E-state index >= 15 is 0 Å². The van der Waals surface area contributed by atoms with Crippen molar-refractivity contribution in [1.29, 1.82) is 0 Å². The van der Waals surface area contributed by atoms with Crippen LogP contribution < -0.4 is 0 Å². The van der Waals surface area contributed by atoms with Crippen LogP contribution in [0.4, 0.5) is 0 Å². The van der Waals surface area contributed by atoms with Crippen LogP contribution in [0.5, 0.6) is 0 Å². The van der Waals surface area contributed by atoms with Gasteiger partial charge in [-0.3, -0.25) is 0 Å². The molecule has 74 valence electrons. The maximum Gasteiger partial charge on any atom is 0.0479 e. The van der Waals surface area contributed by atoms with Crippen molar-refractivity contribution in [2.75, 3.05) is 0 Å². The fraction of sp³-hybridized carbons (Fsp3) is 0.333. The van der Waals surface area contributed by atoms with Gasteiger partial charge >= 0.3 is 0 Å². The van der Waals surface area contributed by atoms with Crippen molar-refractivity contribution in [3.8, 4) is 0 Å². The minimum absolute atomic E-state index is 0.805. The molecule has 0 bridgehead atoms. The van der Waals surface area contributed by atoms with Crippen molar-refractivity contribution >= 4 is 28.2 Å². The van der Waals surface area contributed by atoms with E-state index in [4.69, 9.17) is 23.2 Å². The van der Waals surface area contributed by atoms with Crippen LogP contribution in [0.3, 0.4) is 0 Å². The lowest BCUT2D eigenvalue weighted by atomic mass is 10.0. The molecule has 1 aromatic carbocycles. The third-order valence-corrected chi connectivity index (χ3v) is 3.71. The average molecular weight is 227 g/mol. The van der Waals surface area contributed by atoms with Crippen molar-refractivity contribution in [1.82, 2.24) is 0 Å². The number of halogens is 2. The van der Waals surface area contributed by atoms with Gasteiger partial charge in [0.2, 0.25) is 0 Å². The van der Waals surface area contributed by atoms with Gasteiger partial charge in [-0.1, -0.05) is 36.2 Å². The van der Waals surface area contributed by atoms with Gasteiger partial charge in [0, 0.05) is 15.6 Å². The van der Waals surface area contributed by atoms with E-state index < -0.39 is 0 Å². The molecule has 0 radical (unpaired) electrons. The molecule has 14 heavy (non-hydrogen) atoms. The topological polar surface area (TPSA) is 0 Å². The van der Waals surface area contributed by atoms with Gasteiger partial charge in [0.15, 0.2) is 0 Å². The van der Waals surface area contributed by atoms with E-state index in [0.717, 1.165) is 34.0 Å². The van der Waals surface area contributed by atoms with Gasteiger partial charge in [-0.15, -0.1) is 0 Å². The summed E-state index contributed by atoms with van der Waals surface area (Å²) in [5.41, 5.74) is 4.91. The van der Waals surface area contributed by atoms with Crippen molar-refractivity contribution < 1.29 is 0 Å². The molecule has 1 aliphatic rings. The Hall–Kier alpha value is -0.460. The highest BCUT2D eigenvalue weighted by Crippen LogP contribution is 2.40. The van der Waals surface area contributed by atoms with Gasteiger partial charge in [0.25, 0.3) is 0 Å². The molecule has 0 aliphatic heterocycles. The van der Waals surface area contributed by atoms with Gasteiger partial charge in [0.05, 0.1) is 0 Å². The maximum atomic E-state index is 6.31. The van der Waals surface area contributed by atoms with E-state index in [0.29, 0.717) is 0 Å². The molecule has 0 atom stereocenters. The van der Waals surface area contributed by atoms with Crippen LogP contribution in [0.25, 0.3) is 5.03 Å². The first-order valence-corrected chi connectivity index (χ1v) is 5.56. The Morgan fingerprint density at radius 3 is 2.64 bits per heavy atom. The Balaban J connectivity index is 2.62. The molecule has 1 aliphatic carbocycles. The summed E-state index contributed by atoms with van der Waals surface area (Å²) in [5.74, 6) is 0. The lowest BCUT2D eigenvalue weighted by Gasteiger charge is -2.06. The third-order valence-electron chi connectivity index (χ3n) is 2.85. The number of benzene rings is 1. The summed E-state index contributed by atoms with van der Waals surface area (Å²) in [5, 5.41) is 1.72. The lowest BCUT2D eigenvalue weighted by molar-refractivity contribution is 1.04. The van der Waals surface area contributed by atoms with E-state index in [9.17, 15) is 0 Å². The summed E-state index contributed by atoms with van der Waals surface area (Å²) >= 11 is 12.4. The van der Waals surface area contributed by atoms with Crippen LogP contribution in [0.1, 0.15) is 30.0 Å². The second-order valence-electron chi connectivity index (χ2n) is 3.65. The number of rotatable bonds is 1. The Bertz CT molecular complexity index is 417. The standard InChI is InChI=1S/C12H12Cl2/c1-3-8-6-9-4-5-10(13)7(2)11(9)12(8)14/h4-5H,3,6H2,1-2H3. The predicted octanol–water partition coefficient (Wildman–Crippen LogP) is 4.56. The van der Waals surface area contributed by atoms with Gasteiger partial charge < -0.3 is 0 Å². The van der Waals surface area contributed by atoms with Crippen molar-refractivity contribution in [3.63, 3.8) is 0 Å². The van der Waals surface area contributed by atoms with Gasteiger partial charge in [-0.25, -0.2) is 0 Å². The van der Waals surface area contributed by atoms with Crippen molar-refractivity contribution in [2.24, 2.45) is 0 Å².